The number of aryl methyl sites for hydroxylation is 1. The van der Waals surface area contributed by atoms with Crippen LogP contribution in [0.2, 0.25) is 5.02 Å². The van der Waals surface area contributed by atoms with Gasteiger partial charge in [0.05, 0.1) is 7.11 Å². The lowest BCUT2D eigenvalue weighted by molar-refractivity contribution is -0.110. The van der Waals surface area contributed by atoms with Crippen LogP contribution >= 0.6 is 11.6 Å². The summed E-state index contributed by atoms with van der Waals surface area (Å²) in [4.78, 5) is 10.5. The second kappa shape index (κ2) is 5.76. The van der Waals surface area contributed by atoms with Gasteiger partial charge in [-0.05, 0) is 36.6 Å². The molecule has 0 aliphatic heterocycles. The average Bonchev–Trinajstić information content (AvgIpc) is 2.26. The van der Waals surface area contributed by atoms with Gasteiger partial charge in [-0.3, -0.25) is 0 Å². The van der Waals surface area contributed by atoms with Crippen LogP contribution in [0, 0.1) is 5.92 Å². The van der Waals surface area contributed by atoms with E-state index in [2.05, 4.69) is 0 Å². The van der Waals surface area contributed by atoms with Crippen LogP contribution in [0.25, 0.3) is 0 Å². The number of hydrogen-bond acceptors (Lipinski definition) is 2. The van der Waals surface area contributed by atoms with E-state index in [1.807, 2.05) is 19.1 Å². The lowest BCUT2D eigenvalue weighted by Gasteiger charge is -2.09. The minimum Gasteiger partial charge on any atom is -0.496 e. The zero-order valence-electron chi connectivity index (χ0n) is 9.00. The standard InChI is InChI=1S/C12H15ClO2/c1-9(8-14)3-4-10-7-11(13)5-6-12(10)15-2/h5-9H,3-4H2,1-2H3. The molecular weight excluding hydrogens is 212 g/mol. The van der Waals surface area contributed by atoms with Crippen molar-refractivity contribution in [1.82, 2.24) is 0 Å². The van der Waals surface area contributed by atoms with Crippen molar-refractivity contribution in [2.45, 2.75) is 19.8 Å². The molecule has 0 radical (unpaired) electrons. The summed E-state index contributed by atoms with van der Waals surface area (Å²) in [7, 11) is 1.63. The Morgan fingerprint density at radius 3 is 2.87 bits per heavy atom. The summed E-state index contributed by atoms with van der Waals surface area (Å²) in [5.41, 5.74) is 1.05. The number of hydrogen-bond donors (Lipinski definition) is 0. The van der Waals surface area contributed by atoms with Crippen LogP contribution in [0.3, 0.4) is 0 Å². The maximum absolute atomic E-state index is 10.5. The molecule has 0 fully saturated rings. The van der Waals surface area contributed by atoms with Gasteiger partial charge in [0.25, 0.3) is 0 Å². The smallest absolute Gasteiger partial charge is 0.122 e. The van der Waals surface area contributed by atoms with E-state index >= 15 is 0 Å². The summed E-state index contributed by atoms with van der Waals surface area (Å²) in [5.74, 6) is 0.909. The molecule has 2 nitrogen and oxygen atoms in total. The summed E-state index contributed by atoms with van der Waals surface area (Å²) >= 11 is 5.90. The molecule has 82 valence electrons. The van der Waals surface area contributed by atoms with Crippen molar-refractivity contribution in [3.8, 4) is 5.75 Å². The minimum atomic E-state index is 0.0775. The molecular formula is C12H15ClO2. The third-order valence-electron chi connectivity index (χ3n) is 2.34. The predicted molar refractivity (Wildman–Crippen MR) is 61.6 cm³/mol. The van der Waals surface area contributed by atoms with E-state index in [1.165, 1.54) is 0 Å². The molecule has 15 heavy (non-hydrogen) atoms. The van der Waals surface area contributed by atoms with E-state index in [9.17, 15) is 4.79 Å². The molecule has 1 aromatic carbocycles. The number of methoxy groups -OCH3 is 1. The Bertz CT molecular complexity index is 336. The normalized spacial score (nSPS) is 12.2. The lowest BCUT2D eigenvalue weighted by atomic mass is 10.0. The van der Waals surface area contributed by atoms with Crippen LogP contribution in [0.5, 0.6) is 5.75 Å². The van der Waals surface area contributed by atoms with Crippen molar-refractivity contribution in [3.05, 3.63) is 28.8 Å². The molecule has 1 atom stereocenters. The van der Waals surface area contributed by atoms with E-state index < -0.39 is 0 Å². The van der Waals surface area contributed by atoms with Crippen molar-refractivity contribution in [3.63, 3.8) is 0 Å². The molecule has 1 unspecified atom stereocenters. The second-order valence-corrected chi connectivity index (χ2v) is 4.04. The maximum atomic E-state index is 10.5. The van der Waals surface area contributed by atoms with Gasteiger partial charge in [-0.2, -0.15) is 0 Å². The highest BCUT2D eigenvalue weighted by Crippen LogP contribution is 2.24. The average molecular weight is 227 g/mol. The molecule has 0 aromatic heterocycles. The highest BCUT2D eigenvalue weighted by molar-refractivity contribution is 6.30. The molecule has 0 N–H and O–H groups in total. The number of rotatable bonds is 5. The number of halogens is 1. The van der Waals surface area contributed by atoms with Gasteiger partial charge in [0.1, 0.15) is 12.0 Å². The minimum absolute atomic E-state index is 0.0775. The van der Waals surface area contributed by atoms with E-state index in [0.717, 1.165) is 30.4 Å². The van der Waals surface area contributed by atoms with Crippen molar-refractivity contribution in [1.29, 1.82) is 0 Å². The van der Waals surface area contributed by atoms with E-state index in [4.69, 9.17) is 16.3 Å². The monoisotopic (exact) mass is 226 g/mol. The summed E-state index contributed by atoms with van der Waals surface area (Å²) in [6, 6.07) is 5.54. The van der Waals surface area contributed by atoms with Gasteiger partial charge >= 0.3 is 0 Å². The third-order valence-corrected chi connectivity index (χ3v) is 2.58. The molecule has 1 aromatic rings. The SMILES string of the molecule is COc1ccc(Cl)cc1CCC(C)C=O. The van der Waals surface area contributed by atoms with E-state index in [-0.39, 0.29) is 5.92 Å². The van der Waals surface area contributed by atoms with Gasteiger partial charge in [-0.25, -0.2) is 0 Å². The first kappa shape index (κ1) is 12.1. The van der Waals surface area contributed by atoms with Crippen LogP contribution in [0.4, 0.5) is 0 Å². The van der Waals surface area contributed by atoms with Crippen molar-refractivity contribution in [2.75, 3.05) is 7.11 Å². The first-order chi connectivity index (χ1) is 7.17. The largest absolute Gasteiger partial charge is 0.496 e. The van der Waals surface area contributed by atoms with Gasteiger partial charge in [0.2, 0.25) is 0 Å². The zero-order valence-corrected chi connectivity index (χ0v) is 9.75. The van der Waals surface area contributed by atoms with Crippen LogP contribution in [-0.2, 0) is 11.2 Å². The van der Waals surface area contributed by atoms with E-state index in [1.54, 1.807) is 13.2 Å². The highest BCUT2D eigenvalue weighted by Gasteiger charge is 2.06. The van der Waals surface area contributed by atoms with Crippen molar-refractivity contribution < 1.29 is 9.53 Å². The first-order valence-electron chi connectivity index (χ1n) is 4.95. The Balaban J connectivity index is 2.73. The Hall–Kier alpha value is -1.02. The highest BCUT2D eigenvalue weighted by atomic mass is 35.5. The zero-order chi connectivity index (χ0) is 11.3. The molecule has 0 aliphatic rings. The van der Waals surface area contributed by atoms with E-state index in [0.29, 0.717) is 5.02 Å². The summed E-state index contributed by atoms with van der Waals surface area (Å²) in [6.45, 7) is 1.91. The van der Waals surface area contributed by atoms with Crippen LogP contribution in [-0.4, -0.2) is 13.4 Å². The number of benzene rings is 1. The molecule has 1 rings (SSSR count). The Morgan fingerprint density at radius 1 is 1.53 bits per heavy atom. The number of carbonyl (C=O) groups is 1. The van der Waals surface area contributed by atoms with Crippen LogP contribution in [0.15, 0.2) is 18.2 Å². The van der Waals surface area contributed by atoms with Gasteiger partial charge in [0.15, 0.2) is 0 Å². The number of aldehydes is 1. The van der Waals surface area contributed by atoms with Gasteiger partial charge in [-0.15, -0.1) is 0 Å². The van der Waals surface area contributed by atoms with Gasteiger partial charge in [-0.1, -0.05) is 18.5 Å². The molecule has 3 heteroatoms. The fourth-order valence-electron chi connectivity index (χ4n) is 1.39. The number of ether oxygens (including phenoxy) is 1. The Morgan fingerprint density at radius 2 is 2.27 bits per heavy atom. The lowest BCUT2D eigenvalue weighted by Crippen LogP contribution is -1.99. The fourth-order valence-corrected chi connectivity index (χ4v) is 1.59. The molecule has 0 amide bonds. The Labute approximate surface area is 95.2 Å². The van der Waals surface area contributed by atoms with Crippen LogP contribution < -0.4 is 4.74 Å². The van der Waals surface area contributed by atoms with Gasteiger partial charge < -0.3 is 9.53 Å². The molecule has 0 heterocycles. The van der Waals surface area contributed by atoms with Crippen LogP contribution in [0.1, 0.15) is 18.9 Å². The summed E-state index contributed by atoms with van der Waals surface area (Å²) < 4.78 is 5.22. The summed E-state index contributed by atoms with van der Waals surface area (Å²) in [6.07, 6.45) is 2.60. The molecule has 0 saturated carbocycles. The first-order valence-corrected chi connectivity index (χ1v) is 5.33. The topological polar surface area (TPSA) is 26.3 Å². The molecule has 0 bridgehead atoms. The molecule has 0 spiro atoms. The third kappa shape index (κ3) is 3.56. The Kier molecular flexibility index (Phi) is 4.63. The predicted octanol–water partition coefficient (Wildman–Crippen LogP) is 3.12. The molecule has 0 aliphatic carbocycles. The van der Waals surface area contributed by atoms with Crippen molar-refractivity contribution >= 4 is 17.9 Å². The second-order valence-electron chi connectivity index (χ2n) is 3.61. The number of carbonyl (C=O) groups excluding carboxylic acids is 1. The fraction of sp³-hybridized carbons (Fsp3) is 0.417. The van der Waals surface area contributed by atoms with Crippen molar-refractivity contribution in [2.24, 2.45) is 5.92 Å². The molecule has 0 saturated heterocycles. The van der Waals surface area contributed by atoms with Gasteiger partial charge in [0, 0.05) is 10.9 Å². The quantitative estimate of drug-likeness (QED) is 0.722. The summed E-state index contributed by atoms with van der Waals surface area (Å²) in [5, 5.41) is 0.699. The maximum Gasteiger partial charge on any atom is 0.122 e.